The van der Waals surface area contributed by atoms with Crippen LogP contribution in [0, 0.1) is 10.1 Å². The number of benzene rings is 3. The third kappa shape index (κ3) is 4.85. The summed E-state index contributed by atoms with van der Waals surface area (Å²) < 4.78 is 0. The molecule has 0 bridgehead atoms. The van der Waals surface area contributed by atoms with Gasteiger partial charge in [0.15, 0.2) is 0 Å². The summed E-state index contributed by atoms with van der Waals surface area (Å²) in [5, 5.41) is 19.4. The van der Waals surface area contributed by atoms with E-state index in [9.17, 15) is 14.9 Å². The molecule has 6 heteroatoms. The van der Waals surface area contributed by atoms with E-state index >= 15 is 0 Å². The van der Waals surface area contributed by atoms with Crippen LogP contribution < -0.4 is 10.6 Å². The summed E-state index contributed by atoms with van der Waals surface area (Å²) in [6, 6.07) is 20.7. The lowest BCUT2D eigenvalue weighted by atomic mass is 10.0. The highest BCUT2D eigenvalue weighted by Gasteiger charge is 2.12. The smallest absolute Gasteiger partial charge is 0.292 e. The maximum atomic E-state index is 12.2. The van der Waals surface area contributed by atoms with Gasteiger partial charge in [-0.1, -0.05) is 48.5 Å². The molecule has 6 nitrogen and oxygen atoms in total. The van der Waals surface area contributed by atoms with Crippen molar-refractivity contribution in [2.75, 3.05) is 11.9 Å². The number of nitro groups is 1. The van der Waals surface area contributed by atoms with Gasteiger partial charge in [0.1, 0.15) is 5.69 Å². The lowest BCUT2D eigenvalue weighted by molar-refractivity contribution is -0.384. The predicted octanol–water partition coefficient (Wildman–Crippen LogP) is 4.82. The van der Waals surface area contributed by atoms with Gasteiger partial charge in [0, 0.05) is 19.0 Å². The number of nitrogens with one attached hydrogen (secondary N) is 2. The van der Waals surface area contributed by atoms with Gasteiger partial charge >= 0.3 is 0 Å². The Hall–Kier alpha value is -3.41. The molecule has 28 heavy (non-hydrogen) atoms. The van der Waals surface area contributed by atoms with Crippen LogP contribution in [0.5, 0.6) is 0 Å². The molecule has 1 unspecified atom stereocenters. The van der Waals surface area contributed by atoms with E-state index in [4.69, 9.17) is 0 Å². The predicted molar refractivity (Wildman–Crippen MR) is 111 cm³/mol. The first-order chi connectivity index (χ1) is 13.5. The first-order valence-electron chi connectivity index (χ1n) is 9.30. The summed E-state index contributed by atoms with van der Waals surface area (Å²) in [6.07, 6.45) is 0.938. The standard InChI is InChI=1S/C22H23N3O3/c1-16(18-13-12-17-7-2-3-8-19(17)15-18)24-22(26)11-6-14-23-20-9-4-5-10-21(20)25(27)28/h2-5,7-10,12-13,15-16,23H,6,11,14H2,1H3,(H,24,26). The number of anilines is 1. The summed E-state index contributed by atoms with van der Waals surface area (Å²) >= 11 is 0. The number of carbonyl (C=O) groups excluding carboxylic acids is 1. The maximum Gasteiger partial charge on any atom is 0.292 e. The molecule has 2 N–H and O–H groups in total. The topological polar surface area (TPSA) is 84.3 Å². The Labute approximate surface area is 163 Å². The second kappa shape index (κ2) is 8.99. The number of para-hydroxylation sites is 2. The van der Waals surface area contributed by atoms with Crippen molar-refractivity contribution in [3.63, 3.8) is 0 Å². The summed E-state index contributed by atoms with van der Waals surface area (Å²) in [7, 11) is 0. The van der Waals surface area contributed by atoms with Gasteiger partial charge < -0.3 is 10.6 Å². The van der Waals surface area contributed by atoms with Crippen LogP contribution >= 0.6 is 0 Å². The molecule has 1 atom stereocenters. The van der Waals surface area contributed by atoms with Crippen molar-refractivity contribution < 1.29 is 9.72 Å². The van der Waals surface area contributed by atoms with Crippen molar-refractivity contribution in [2.45, 2.75) is 25.8 Å². The van der Waals surface area contributed by atoms with Crippen molar-refractivity contribution >= 4 is 28.1 Å². The number of hydrogen-bond acceptors (Lipinski definition) is 4. The number of fused-ring (bicyclic) bond motifs is 1. The highest BCUT2D eigenvalue weighted by atomic mass is 16.6. The zero-order valence-corrected chi connectivity index (χ0v) is 15.7. The quantitative estimate of drug-likeness (QED) is 0.335. The Morgan fingerprint density at radius 1 is 1.04 bits per heavy atom. The lowest BCUT2D eigenvalue weighted by Gasteiger charge is -2.15. The van der Waals surface area contributed by atoms with Gasteiger partial charge in [-0.3, -0.25) is 14.9 Å². The minimum atomic E-state index is -0.416. The normalized spacial score (nSPS) is 11.8. The van der Waals surface area contributed by atoms with Crippen LogP contribution in [0.3, 0.4) is 0 Å². The molecule has 0 aromatic heterocycles. The van der Waals surface area contributed by atoms with E-state index in [2.05, 4.69) is 34.9 Å². The Balaban J connectivity index is 1.48. The van der Waals surface area contributed by atoms with Crippen LogP contribution in [0.15, 0.2) is 66.7 Å². The van der Waals surface area contributed by atoms with E-state index in [0.29, 0.717) is 25.1 Å². The monoisotopic (exact) mass is 377 g/mol. The molecule has 3 aromatic carbocycles. The van der Waals surface area contributed by atoms with Crippen LogP contribution in [-0.2, 0) is 4.79 Å². The summed E-state index contributed by atoms with van der Waals surface area (Å²) in [6.45, 7) is 2.45. The van der Waals surface area contributed by atoms with E-state index in [1.165, 1.54) is 11.5 Å². The zero-order chi connectivity index (χ0) is 19.9. The molecule has 0 heterocycles. The zero-order valence-electron chi connectivity index (χ0n) is 15.7. The van der Waals surface area contributed by atoms with Crippen LogP contribution in [-0.4, -0.2) is 17.4 Å². The molecule has 0 saturated heterocycles. The molecule has 3 rings (SSSR count). The number of nitrogens with zero attached hydrogens (tertiary/aromatic N) is 1. The number of rotatable bonds is 8. The van der Waals surface area contributed by atoms with Crippen molar-refractivity contribution in [2.24, 2.45) is 0 Å². The van der Waals surface area contributed by atoms with Crippen LogP contribution in [0.25, 0.3) is 10.8 Å². The first-order valence-corrected chi connectivity index (χ1v) is 9.30. The van der Waals surface area contributed by atoms with Gasteiger partial charge in [0.05, 0.1) is 11.0 Å². The average Bonchev–Trinajstić information content (AvgIpc) is 2.71. The molecule has 0 aliphatic heterocycles. The lowest BCUT2D eigenvalue weighted by Crippen LogP contribution is -2.26. The molecule has 0 saturated carbocycles. The summed E-state index contributed by atoms with van der Waals surface area (Å²) in [4.78, 5) is 22.8. The highest BCUT2D eigenvalue weighted by molar-refractivity contribution is 5.83. The van der Waals surface area contributed by atoms with E-state index in [1.807, 2.05) is 25.1 Å². The largest absolute Gasteiger partial charge is 0.379 e. The van der Waals surface area contributed by atoms with Gasteiger partial charge in [-0.2, -0.15) is 0 Å². The fourth-order valence-electron chi connectivity index (χ4n) is 3.13. The first kappa shape index (κ1) is 19.4. The Morgan fingerprint density at radius 2 is 1.75 bits per heavy atom. The Morgan fingerprint density at radius 3 is 2.54 bits per heavy atom. The van der Waals surface area contributed by atoms with Crippen molar-refractivity contribution in [3.05, 3.63) is 82.4 Å². The molecule has 3 aromatic rings. The summed E-state index contributed by atoms with van der Waals surface area (Å²) in [5.41, 5.74) is 1.57. The third-order valence-corrected chi connectivity index (χ3v) is 4.65. The van der Waals surface area contributed by atoms with E-state index in [1.54, 1.807) is 18.2 Å². The third-order valence-electron chi connectivity index (χ3n) is 4.65. The van der Waals surface area contributed by atoms with Crippen molar-refractivity contribution in [1.29, 1.82) is 0 Å². The molecular weight excluding hydrogens is 354 g/mol. The van der Waals surface area contributed by atoms with Crippen molar-refractivity contribution in [1.82, 2.24) is 5.32 Å². The second-order valence-electron chi connectivity index (χ2n) is 6.70. The fraction of sp³-hybridized carbons (Fsp3) is 0.227. The minimum absolute atomic E-state index is 0.0370. The van der Waals surface area contributed by atoms with Gasteiger partial charge in [-0.05, 0) is 41.8 Å². The molecule has 0 spiro atoms. The SMILES string of the molecule is CC(NC(=O)CCCNc1ccccc1[N+](=O)[O-])c1ccc2ccccc2c1. The molecule has 0 aliphatic carbocycles. The molecule has 0 fully saturated rings. The molecule has 144 valence electrons. The summed E-state index contributed by atoms with van der Waals surface area (Å²) in [5.74, 6) is -0.0370. The maximum absolute atomic E-state index is 12.2. The molecule has 1 amide bonds. The molecular formula is C22H23N3O3. The van der Waals surface area contributed by atoms with Gasteiger partial charge in [0.2, 0.25) is 5.91 Å². The molecule has 0 radical (unpaired) electrons. The number of hydrogen-bond donors (Lipinski definition) is 2. The number of amides is 1. The number of nitro benzene ring substituents is 1. The van der Waals surface area contributed by atoms with Gasteiger partial charge in [-0.25, -0.2) is 0 Å². The fourth-order valence-corrected chi connectivity index (χ4v) is 3.13. The van der Waals surface area contributed by atoms with Crippen LogP contribution in [0.2, 0.25) is 0 Å². The number of carbonyl (C=O) groups is 1. The van der Waals surface area contributed by atoms with E-state index in [-0.39, 0.29) is 17.6 Å². The Kier molecular flexibility index (Phi) is 6.22. The van der Waals surface area contributed by atoms with E-state index in [0.717, 1.165) is 10.9 Å². The van der Waals surface area contributed by atoms with Gasteiger partial charge in [0.25, 0.3) is 5.69 Å². The van der Waals surface area contributed by atoms with Gasteiger partial charge in [-0.15, -0.1) is 0 Å². The highest BCUT2D eigenvalue weighted by Crippen LogP contribution is 2.23. The van der Waals surface area contributed by atoms with E-state index < -0.39 is 4.92 Å². The second-order valence-corrected chi connectivity index (χ2v) is 6.70. The molecule has 0 aliphatic rings. The van der Waals surface area contributed by atoms with Crippen LogP contribution in [0.4, 0.5) is 11.4 Å². The average molecular weight is 377 g/mol. The van der Waals surface area contributed by atoms with Crippen LogP contribution in [0.1, 0.15) is 31.4 Å². The minimum Gasteiger partial charge on any atom is -0.379 e. The van der Waals surface area contributed by atoms with Crippen molar-refractivity contribution in [3.8, 4) is 0 Å². The Bertz CT molecular complexity index is 987.